The fourth-order valence-corrected chi connectivity index (χ4v) is 1.43. The van der Waals surface area contributed by atoms with Gasteiger partial charge in [-0.15, -0.1) is 0 Å². The zero-order valence-corrected chi connectivity index (χ0v) is 10.4. The molecule has 7 nitrogen and oxygen atoms in total. The number of hydrogen-bond acceptors (Lipinski definition) is 6. The average molecular weight is 267 g/mol. The first-order valence-corrected chi connectivity index (χ1v) is 6.56. The maximum atomic E-state index is 11.3. The van der Waals surface area contributed by atoms with Gasteiger partial charge in [-0.2, -0.15) is 0 Å². The van der Waals surface area contributed by atoms with Crippen molar-refractivity contribution in [1.29, 1.82) is 0 Å². The molecule has 0 amide bonds. The Morgan fingerprint density at radius 1 is 1.29 bits per heavy atom. The summed E-state index contributed by atoms with van der Waals surface area (Å²) in [6, 6.07) is 0. The number of hydrogen-bond donors (Lipinski definition) is 1. The number of carbonyl (C=O) groups is 2. The second-order valence-corrected chi connectivity index (χ2v) is 5.22. The summed E-state index contributed by atoms with van der Waals surface area (Å²) in [4.78, 5) is 21.9. The highest BCUT2D eigenvalue weighted by Gasteiger charge is 2.26. The summed E-state index contributed by atoms with van der Waals surface area (Å²) < 4.78 is 35.4. The molecule has 0 heterocycles. The molecule has 2 unspecified atom stereocenters. The molecular formula is C9H15O7S-. The molecular weight excluding hydrogens is 252 g/mol. The van der Waals surface area contributed by atoms with Gasteiger partial charge in [0.05, 0.1) is 28.6 Å². The van der Waals surface area contributed by atoms with Crippen molar-refractivity contribution in [3.8, 4) is 0 Å². The van der Waals surface area contributed by atoms with Crippen LogP contribution in [-0.2, 0) is 24.4 Å². The first-order chi connectivity index (χ1) is 7.65. The molecule has 0 aromatic rings. The molecule has 2 atom stereocenters. The van der Waals surface area contributed by atoms with Crippen LogP contribution in [0, 0.1) is 11.8 Å². The molecule has 100 valence electrons. The number of aliphatic carboxylic acids is 1. The minimum atomic E-state index is -4.31. The maximum absolute atomic E-state index is 11.3. The largest absolute Gasteiger partial charge is 0.748 e. The third-order valence-corrected chi connectivity index (χ3v) is 3.08. The Kier molecular flexibility index (Phi) is 6.11. The number of carboxylic acids is 1. The van der Waals surface area contributed by atoms with Crippen LogP contribution >= 0.6 is 0 Å². The Labute approximate surface area is 99.5 Å². The Morgan fingerprint density at radius 2 is 1.82 bits per heavy atom. The highest BCUT2D eigenvalue weighted by Crippen LogP contribution is 2.12. The van der Waals surface area contributed by atoms with E-state index in [0.717, 1.165) is 0 Å². The van der Waals surface area contributed by atoms with Crippen LogP contribution in [0.15, 0.2) is 0 Å². The first kappa shape index (κ1) is 15.9. The molecule has 17 heavy (non-hydrogen) atoms. The Balaban J connectivity index is 3.99. The van der Waals surface area contributed by atoms with E-state index in [1.165, 1.54) is 13.8 Å². The normalized spacial score (nSPS) is 15.0. The Hall–Kier alpha value is -1.15. The second kappa shape index (κ2) is 6.55. The first-order valence-electron chi connectivity index (χ1n) is 4.98. The van der Waals surface area contributed by atoms with Gasteiger partial charge >= 0.3 is 11.9 Å². The smallest absolute Gasteiger partial charge is 0.309 e. The molecule has 0 aliphatic rings. The van der Waals surface area contributed by atoms with Crippen LogP contribution in [0.25, 0.3) is 0 Å². The van der Waals surface area contributed by atoms with E-state index >= 15 is 0 Å². The summed E-state index contributed by atoms with van der Waals surface area (Å²) in [6.07, 6.45) is -0.0915. The van der Waals surface area contributed by atoms with E-state index in [1.54, 1.807) is 0 Å². The highest BCUT2D eigenvalue weighted by atomic mass is 32.2. The molecule has 0 fully saturated rings. The lowest BCUT2D eigenvalue weighted by molar-refractivity contribution is -0.156. The molecule has 0 aromatic heterocycles. The molecule has 0 aliphatic carbocycles. The van der Waals surface area contributed by atoms with Gasteiger partial charge in [0.25, 0.3) is 0 Å². The monoisotopic (exact) mass is 267 g/mol. The van der Waals surface area contributed by atoms with Crippen molar-refractivity contribution in [3.63, 3.8) is 0 Å². The molecule has 0 spiro atoms. The van der Waals surface area contributed by atoms with Gasteiger partial charge in [-0.25, -0.2) is 8.42 Å². The highest BCUT2D eigenvalue weighted by molar-refractivity contribution is 7.85. The summed E-state index contributed by atoms with van der Waals surface area (Å²) in [5.74, 6) is -4.15. The van der Waals surface area contributed by atoms with E-state index in [0.29, 0.717) is 0 Å². The minimum Gasteiger partial charge on any atom is -0.748 e. The summed E-state index contributed by atoms with van der Waals surface area (Å²) in [6.45, 7) is 2.57. The zero-order valence-electron chi connectivity index (χ0n) is 9.58. The minimum absolute atomic E-state index is 0.0915. The van der Waals surface area contributed by atoms with Crippen molar-refractivity contribution in [2.75, 3.05) is 12.4 Å². The van der Waals surface area contributed by atoms with E-state index in [4.69, 9.17) is 5.11 Å². The van der Waals surface area contributed by atoms with Gasteiger partial charge < -0.3 is 14.4 Å². The van der Waals surface area contributed by atoms with Crippen LogP contribution in [0.3, 0.4) is 0 Å². The molecule has 0 aliphatic heterocycles. The van der Waals surface area contributed by atoms with Crippen LogP contribution in [0.5, 0.6) is 0 Å². The topological polar surface area (TPSA) is 121 Å². The Morgan fingerprint density at radius 3 is 2.24 bits per heavy atom. The molecule has 8 heteroatoms. The van der Waals surface area contributed by atoms with Crippen LogP contribution in [-0.4, -0.2) is 42.4 Å². The van der Waals surface area contributed by atoms with Crippen molar-refractivity contribution < 1.29 is 32.4 Å². The van der Waals surface area contributed by atoms with Gasteiger partial charge in [0.2, 0.25) is 0 Å². The van der Waals surface area contributed by atoms with E-state index < -0.39 is 39.6 Å². The molecule has 0 rings (SSSR count). The third kappa shape index (κ3) is 6.90. The van der Waals surface area contributed by atoms with Crippen molar-refractivity contribution in [3.05, 3.63) is 0 Å². The summed E-state index contributed by atoms with van der Waals surface area (Å²) in [5.41, 5.74) is 0. The van der Waals surface area contributed by atoms with Crippen molar-refractivity contribution in [1.82, 2.24) is 0 Å². The van der Waals surface area contributed by atoms with Gasteiger partial charge in [-0.3, -0.25) is 9.59 Å². The number of esters is 1. The summed E-state index contributed by atoms with van der Waals surface area (Å²) >= 11 is 0. The molecule has 0 bridgehead atoms. The lowest BCUT2D eigenvalue weighted by atomic mass is 9.96. The lowest BCUT2D eigenvalue weighted by Gasteiger charge is -2.15. The van der Waals surface area contributed by atoms with E-state index in [-0.39, 0.29) is 13.0 Å². The summed E-state index contributed by atoms with van der Waals surface area (Å²) in [5, 5.41) is 8.65. The SMILES string of the molecule is CC(C(=O)O)C(C)C(=O)OCCCS(=O)(=O)[O-]. The predicted molar refractivity (Wildman–Crippen MR) is 56.1 cm³/mol. The fraction of sp³-hybridized carbons (Fsp3) is 0.778. The Bertz CT molecular complexity index is 373. The van der Waals surface area contributed by atoms with Gasteiger partial charge in [0.1, 0.15) is 0 Å². The van der Waals surface area contributed by atoms with Gasteiger partial charge in [-0.05, 0) is 6.42 Å². The van der Waals surface area contributed by atoms with Gasteiger partial charge in [-0.1, -0.05) is 13.8 Å². The quantitative estimate of drug-likeness (QED) is 0.386. The van der Waals surface area contributed by atoms with Gasteiger partial charge in [0, 0.05) is 5.75 Å². The fourth-order valence-electron chi connectivity index (χ4n) is 0.958. The lowest BCUT2D eigenvalue weighted by Crippen LogP contribution is -2.27. The van der Waals surface area contributed by atoms with Crippen LogP contribution < -0.4 is 0 Å². The average Bonchev–Trinajstić information content (AvgIpc) is 2.20. The van der Waals surface area contributed by atoms with E-state index in [9.17, 15) is 22.6 Å². The zero-order chi connectivity index (χ0) is 13.6. The molecule has 1 N–H and O–H groups in total. The molecule has 0 saturated heterocycles. The summed E-state index contributed by atoms with van der Waals surface area (Å²) in [7, 11) is -4.31. The molecule has 0 radical (unpaired) electrons. The van der Waals surface area contributed by atoms with Crippen LogP contribution in [0.2, 0.25) is 0 Å². The predicted octanol–water partition coefficient (Wildman–Crippen LogP) is -0.178. The number of carbonyl (C=O) groups excluding carboxylic acids is 1. The molecule has 0 aromatic carbocycles. The van der Waals surface area contributed by atoms with E-state index in [2.05, 4.69) is 4.74 Å². The van der Waals surface area contributed by atoms with Crippen molar-refractivity contribution >= 4 is 22.1 Å². The third-order valence-electron chi connectivity index (χ3n) is 2.29. The molecule has 0 saturated carbocycles. The number of carboxylic acid groups (broad SMARTS) is 1. The maximum Gasteiger partial charge on any atom is 0.309 e. The number of rotatable bonds is 7. The van der Waals surface area contributed by atoms with Crippen molar-refractivity contribution in [2.24, 2.45) is 11.8 Å². The number of ether oxygens (including phenoxy) is 1. The van der Waals surface area contributed by atoms with Crippen LogP contribution in [0.1, 0.15) is 20.3 Å². The standard InChI is InChI=1S/C9H16O7S/c1-6(8(10)11)7(2)9(12)16-4-3-5-17(13,14)15/h6-7H,3-5H2,1-2H3,(H,10,11)(H,13,14,15)/p-1. The van der Waals surface area contributed by atoms with Crippen LogP contribution in [0.4, 0.5) is 0 Å². The van der Waals surface area contributed by atoms with Crippen molar-refractivity contribution in [2.45, 2.75) is 20.3 Å². The second-order valence-electron chi connectivity index (χ2n) is 3.70. The van der Waals surface area contributed by atoms with Gasteiger partial charge in [0.15, 0.2) is 0 Å². The van der Waals surface area contributed by atoms with E-state index in [1.807, 2.05) is 0 Å².